The summed E-state index contributed by atoms with van der Waals surface area (Å²) in [5.41, 5.74) is 6.30. The van der Waals surface area contributed by atoms with Gasteiger partial charge in [-0.05, 0) is 17.7 Å². The number of carbonyl (C=O) groups excluding carboxylic acids is 3. The van der Waals surface area contributed by atoms with Gasteiger partial charge >= 0.3 is 5.97 Å². The van der Waals surface area contributed by atoms with E-state index >= 15 is 0 Å². The van der Waals surface area contributed by atoms with Gasteiger partial charge in [-0.1, -0.05) is 12.1 Å². The number of carboxylic acid groups (broad SMARTS) is 1. The van der Waals surface area contributed by atoms with Gasteiger partial charge in [0, 0.05) is 24.7 Å². The smallest absolute Gasteiger partial charge is 0.326 e. The Morgan fingerprint density at radius 2 is 1.74 bits per heavy atom. The van der Waals surface area contributed by atoms with Gasteiger partial charge in [0.2, 0.25) is 17.7 Å². The Bertz CT molecular complexity index is 899. The third-order valence-corrected chi connectivity index (χ3v) is 4.25. The summed E-state index contributed by atoms with van der Waals surface area (Å²) in [5.74, 6) is -3.14. The maximum Gasteiger partial charge on any atom is 0.326 e. The molecule has 1 aromatic carbocycles. The van der Waals surface area contributed by atoms with Gasteiger partial charge in [0.1, 0.15) is 17.8 Å². The monoisotopic (exact) mass is 432 g/mol. The molecule has 8 N–H and O–H groups in total. The molecule has 0 radical (unpaired) electrons. The highest BCUT2D eigenvalue weighted by atomic mass is 16.4. The number of nitrogens with zero attached hydrogens (tertiary/aromatic N) is 1. The molecule has 0 bridgehead atoms. The second kappa shape index (κ2) is 11.3. The summed E-state index contributed by atoms with van der Waals surface area (Å²) in [7, 11) is 0. The maximum atomic E-state index is 12.8. The molecular formula is C19H24N6O6. The number of benzene rings is 1. The maximum absolute atomic E-state index is 12.8. The number of hydrogen-bond acceptors (Lipinski definition) is 7. The number of aliphatic carboxylic acids is 1. The molecule has 0 saturated heterocycles. The summed E-state index contributed by atoms with van der Waals surface area (Å²) >= 11 is 0. The molecule has 0 aliphatic rings. The number of rotatable bonds is 11. The van der Waals surface area contributed by atoms with E-state index in [1.807, 2.05) is 0 Å². The first-order valence-electron chi connectivity index (χ1n) is 9.33. The summed E-state index contributed by atoms with van der Waals surface area (Å²) in [5, 5.41) is 26.1. The van der Waals surface area contributed by atoms with Crippen molar-refractivity contribution in [3.63, 3.8) is 0 Å². The minimum atomic E-state index is -1.26. The summed E-state index contributed by atoms with van der Waals surface area (Å²) in [6.07, 6.45) is 2.82. The predicted molar refractivity (Wildman–Crippen MR) is 108 cm³/mol. The fraction of sp³-hybridized carbons (Fsp3) is 0.316. The van der Waals surface area contributed by atoms with Crippen LogP contribution in [0.25, 0.3) is 0 Å². The second-order valence-electron chi connectivity index (χ2n) is 6.65. The molecule has 1 aromatic heterocycles. The van der Waals surface area contributed by atoms with Gasteiger partial charge in [0.25, 0.3) is 0 Å². The average Bonchev–Trinajstić information content (AvgIpc) is 3.25. The van der Waals surface area contributed by atoms with Gasteiger partial charge in [-0.25, -0.2) is 9.78 Å². The number of phenols is 1. The molecular weight excluding hydrogens is 408 g/mol. The van der Waals surface area contributed by atoms with Gasteiger partial charge in [0.15, 0.2) is 0 Å². The van der Waals surface area contributed by atoms with Crippen LogP contribution >= 0.6 is 0 Å². The number of imidazole rings is 1. The van der Waals surface area contributed by atoms with Crippen LogP contribution in [0.5, 0.6) is 5.75 Å². The van der Waals surface area contributed by atoms with Gasteiger partial charge < -0.3 is 36.9 Å². The third kappa shape index (κ3) is 7.78. The number of aromatic hydroxyl groups is 1. The minimum Gasteiger partial charge on any atom is -0.508 e. The molecule has 0 saturated carbocycles. The zero-order valence-corrected chi connectivity index (χ0v) is 16.5. The van der Waals surface area contributed by atoms with E-state index in [2.05, 4.69) is 25.9 Å². The number of nitrogens with one attached hydrogen (secondary N) is 4. The molecule has 2 rings (SSSR count). The van der Waals surface area contributed by atoms with Crippen molar-refractivity contribution in [2.75, 3.05) is 13.1 Å². The van der Waals surface area contributed by atoms with Crippen LogP contribution in [-0.4, -0.2) is 69.0 Å². The fourth-order valence-electron chi connectivity index (χ4n) is 2.66. The molecule has 2 aromatic rings. The number of phenolic OH excluding ortho intramolecular Hbond substituents is 1. The number of nitrogens with two attached hydrogens (primary N) is 1. The van der Waals surface area contributed by atoms with E-state index in [4.69, 9.17) is 5.73 Å². The molecule has 0 aliphatic carbocycles. The Morgan fingerprint density at radius 1 is 1.03 bits per heavy atom. The van der Waals surface area contributed by atoms with Gasteiger partial charge in [-0.15, -0.1) is 0 Å². The Morgan fingerprint density at radius 3 is 2.32 bits per heavy atom. The molecule has 31 heavy (non-hydrogen) atoms. The van der Waals surface area contributed by atoms with E-state index in [1.165, 1.54) is 24.7 Å². The summed E-state index contributed by atoms with van der Waals surface area (Å²) < 4.78 is 0. The molecule has 1 heterocycles. The van der Waals surface area contributed by atoms with Crippen LogP contribution in [0, 0.1) is 0 Å². The highest BCUT2D eigenvalue weighted by molar-refractivity contribution is 5.92. The van der Waals surface area contributed by atoms with Gasteiger partial charge in [-0.2, -0.15) is 0 Å². The lowest BCUT2D eigenvalue weighted by molar-refractivity contribution is -0.142. The molecule has 3 amide bonds. The normalized spacial score (nSPS) is 12.4. The zero-order valence-electron chi connectivity index (χ0n) is 16.5. The van der Waals surface area contributed by atoms with E-state index in [0.29, 0.717) is 11.3 Å². The highest BCUT2D eigenvalue weighted by Crippen LogP contribution is 2.12. The number of H-pyrrole nitrogens is 1. The van der Waals surface area contributed by atoms with E-state index in [1.54, 1.807) is 12.1 Å². The Kier molecular flexibility index (Phi) is 8.52. The molecule has 2 atom stereocenters. The van der Waals surface area contributed by atoms with Crippen molar-refractivity contribution in [2.45, 2.75) is 24.9 Å². The lowest BCUT2D eigenvalue weighted by atomic mass is 10.0. The van der Waals surface area contributed by atoms with Crippen LogP contribution in [0.1, 0.15) is 11.3 Å². The first-order valence-corrected chi connectivity index (χ1v) is 9.33. The quantitative estimate of drug-likeness (QED) is 0.212. The van der Waals surface area contributed by atoms with E-state index in [0.717, 1.165) is 0 Å². The van der Waals surface area contributed by atoms with Crippen molar-refractivity contribution in [1.29, 1.82) is 0 Å². The average molecular weight is 432 g/mol. The number of hydrogen-bond donors (Lipinski definition) is 7. The summed E-state index contributed by atoms with van der Waals surface area (Å²) in [6, 6.07) is 3.59. The number of carbonyl (C=O) groups is 4. The molecule has 0 aliphatic heterocycles. The van der Waals surface area contributed by atoms with E-state index in [-0.39, 0.29) is 25.1 Å². The van der Waals surface area contributed by atoms with Crippen molar-refractivity contribution >= 4 is 23.7 Å². The largest absolute Gasteiger partial charge is 0.508 e. The molecule has 0 fully saturated rings. The van der Waals surface area contributed by atoms with Crippen molar-refractivity contribution in [2.24, 2.45) is 5.73 Å². The standard InChI is InChI=1S/C19H24N6O6/c20-7-16(27)22-9-17(28)24-14(5-11-1-3-13(26)4-2-11)18(29)25-15(19(30)31)6-12-8-21-10-23-12/h1-4,8,10,14-15,26H,5-7,9,20H2,(H,21,23)(H,22,27)(H,24,28)(H,25,29)(H,30,31). The van der Waals surface area contributed by atoms with Crippen molar-refractivity contribution < 1.29 is 29.4 Å². The molecule has 0 spiro atoms. The topological polar surface area (TPSA) is 200 Å². The van der Waals surface area contributed by atoms with Crippen molar-refractivity contribution in [1.82, 2.24) is 25.9 Å². The molecule has 12 heteroatoms. The van der Waals surface area contributed by atoms with E-state index < -0.39 is 42.3 Å². The first kappa shape index (κ1) is 23.3. The molecule has 2 unspecified atom stereocenters. The third-order valence-electron chi connectivity index (χ3n) is 4.25. The SMILES string of the molecule is NCC(=O)NCC(=O)NC(Cc1ccc(O)cc1)C(=O)NC(Cc1cnc[nH]1)C(=O)O. The lowest BCUT2D eigenvalue weighted by Crippen LogP contribution is -2.54. The second-order valence-corrected chi connectivity index (χ2v) is 6.65. The van der Waals surface area contributed by atoms with E-state index in [9.17, 15) is 29.4 Å². The van der Waals surface area contributed by atoms with Crippen LogP contribution in [-0.2, 0) is 32.0 Å². The van der Waals surface area contributed by atoms with Crippen LogP contribution in [0.2, 0.25) is 0 Å². The van der Waals surface area contributed by atoms with Crippen LogP contribution in [0.3, 0.4) is 0 Å². The lowest BCUT2D eigenvalue weighted by Gasteiger charge is -2.21. The predicted octanol–water partition coefficient (Wildman–Crippen LogP) is -1.97. The van der Waals surface area contributed by atoms with Crippen LogP contribution in [0.15, 0.2) is 36.8 Å². The summed E-state index contributed by atoms with van der Waals surface area (Å²) in [4.78, 5) is 54.4. The van der Waals surface area contributed by atoms with Gasteiger partial charge in [-0.3, -0.25) is 14.4 Å². The zero-order chi connectivity index (χ0) is 22.8. The van der Waals surface area contributed by atoms with Crippen molar-refractivity contribution in [3.8, 4) is 5.75 Å². The van der Waals surface area contributed by atoms with Crippen molar-refractivity contribution in [3.05, 3.63) is 48.0 Å². The number of amides is 3. The van der Waals surface area contributed by atoms with Gasteiger partial charge in [0.05, 0.1) is 19.4 Å². The summed E-state index contributed by atoms with van der Waals surface area (Å²) in [6.45, 7) is -0.690. The Labute approximate surface area is 177 Å². The minimum absolute atomic E-state index is 0.0269. The Hall–Kier alpha value is -3.93. The fourth-order valence-corrected chi connectivity index (χ4v) is 2.66. The first-order chi connectivity index (χ1) is 14.8. The highest BCUT2D eigenvalue weighted by Gasteiger charge is 2.27. The number of carboxylic acids is 1. The number of aromatic amines is 1. The Balaban J connectivity index is 2.11. The molecule has 166 valence electrons. The molecule has 12 nitrogen and oxygen atoms in total. The number of aromatic nitrogens is 2. The van der Waals surface area contributed by atoms with Crippen LogP contribution in [0.4, 0.5) is 0 Å². The van der Waals surface area contributed by atoms with Crippen LogP contribution < -0.4 is 21.7 Å².